The molecule has 4 nitrogen and oxygen atoms in total. The van der Waals surface area contributed by atoms with Gasteiger partial charge in [-0.25, -0.2) is 0 Å². The highest BCUT2D eigenvalue weighted by molar-refractivity contribution is 7.71. The van der Waals surface area contributed by atoms with E-state index in [1.54, 1.807) is 26.4 Å². The van der Waals surface area contributed by atoms with Crippen LogP contribution in [-0.4, -0.2) is 23.8 Å². The molecule has 0 unspecified atom stereocenters. The smallest absolute Gasteiger partial charge is 0.182 e. The van der Waals surface area contributed by atoms with Crippen LogP contribution in [0.4, 0.5) is 0 Å². The van der Waals surface area contributed by atoms with E-state index in [4.69, 9.17) is 33.3 Å². The average Bonchev–Trinajstić information content (AvgIpc) is 2.68. The van der Waals surface area contributed by atoms with Crippen molar-refractivity contribution in [2.45, 2.75) is 6.92 Å². The van der Waals surface area contributed by atoms with Gasteiger partial charge < -0.3 is 14.5 Å². The number of benzene rings is 1. The van der Waals surface area contributed by atoms with Gasteiger partial charge in [0.2, 0.25) is 0 Å². The number of imidazole rings is 1. The molecule has 0 aliphatic rings. The lowest BCUT2D eigenvalue weighted by atomic mass is 10.2. The van der Waals surface area contributed by atoms with Gasteiger partial charge in [-0.1, -0.05) is 11.6 Å². The van der Waals surface area contributed by atoms with Crippen LogP contribution in [0, 0.1) is 11.7 Å². The number of hydrogen-bond donors (Lipinski definition) is 1. The predicted molar refractivity (Wildman–Crippen MR) is 73.8 cm³/mol. The van der Waals surface area contributed by atoms with E-state index < -0.39 is 0 Å². The molecule has 0 aliphatic carbocycles. The number of aryl methyl sites for hydroxylation is 1. The zero-order valence-corrected chi connectivity index (χ0v) is 11.9. The first kappa shape index (κ1) is 13.0. The Morgan fingerprint density at radius 3 is 2.39 bits per heavy atom. The monoisotopic (exact) mass is 284 g/mol. The summed E-state index contributed by atoms with van der Waals surface area (Å²) < 4.78 is 13.0. The molecule has 0 atom stereocenters. The zero-order valence-electron chi connectivity index (χ0n) is 10.3. The molecule has 1 aromatic heterocycles. The molecule has 1 heterocycles. The molecule has 6 heteroatoms. The fourth-order valence-electron chi connectivity index (χ4n) is 1.77. The molecule has 1 aromatic carbocycles. The third-order valence-corrected chi connectivity index (χ3v) is 3.25. The molecule has 0 amide bonds. The number of hydrogen-bond acceptors (Lipinski definition) is 3. The van der Waals surface area contributed by atoms with Crippen molar-refractivity contribution in [2.24, 2.45) is 0 Å². The van der Waals surface area contributed by atoms with Crippen molar-refractivity contribution in [3.8, 4) is 17.2 Å². The second-order valence-corrected chi connectivity index (χ2v) is 4.52. The van der Waals surface area contributed by atoms with Gasteiger partial charge in [0, 0.05) is 18.0 Å². The van der Waals surface area contributed by atoms with Crippen molar-refractivity contribution in [3.05, 3.63) is 33.8 Å². The van der Waals surface area contributed by atoms with Crippen molar-refractivity contribution in [1.29, 1.82) is 0 Å². The Hall–Kier alpha value is -1.46. The standard InChI is InChI=1S/C12H13ClN2O2S/c1-7-6-14-12(18)15(7)9-4-8(13)10(16-2)5-11(9)17-3/h4-6H,1-3H3,(H,14,18). The van der Waals surface area contributed by atoms with Crippen LogP contribution >= 0.6 is 23.8 Å². The van der Waals surface area contributed by atoms with E-state index in [1.807, 2.05) is 17.7 Å². The molecular weight excluding hydrogens is 272 g/mol. The van der Waals surface area contributed by atoms with Gasteiger partial charge in [-0.3, -0.25) is 4.57 Å². The number of methoxy groups -OCH3 is 2. The summed E-state index contributed by atoms with van der Waals surface area (Å²) in [6, 6.07) is 3.52. The molecular formula is C12H13ClN2O2S. The van der Waals surface area contributed by atoms with E-state index in [9.17, 15) is 0 Å². The molecule has 18 heavy (non-hydrogen) atoms. The van der Waals surface area contributed by atoms with E-state index in [2.05, 4.69) is 4.98 Å². The first-order chi connectivity index (χ1) is 8.58. The summed E-state index contributed by atoms with van der Waals surface area (Å²) >= 11 is 11.4. The van der Waals surface area contributed by atoms with Crippen LogP contribution in [0.15, 0.2) is 18.3 Å². The highest BCUT2D eigenvalue weighted by Crippen LogP contribution is 2.35. The Kier molecular flexibility index (Phi) is 3.63. The van der Waals surface area contributed by atoms with E-state index in [0.717, 1.165) is 11.4 Å². The van der Waals surface area contributed by atoms with Crippen LogP contribution in [0.5, 0.6) is 11.5 Å². The maximum Gasteiger partial charge on any atom is 0.182 e. The van der Waals surface area contributed by atoms with Gasteiger partial charge in [-0.2, -0.15) is 0 Å². The van der Waals surface area contributed by atoms with Gasteiger partial charge in [0.15, 0.2) is 4.77 Å². The van der Waals surface area contributed by atoms with Crippen molar-refractivity contribution in [3.63, 3.8) is 0 Å². The quantitative estimate of drug-likeness (QED) is 0.877. The Balaban J connectivity index is 2.71. The largest absolute Gasteiger partial charge is 0.495 e. The zero-order chi connectivity index (χ0) is 13.3. The summed E-state index contributed by atoms with van der Waals surface area (Å²) in [7, 11) is 3.16. The van der Waals surface area contributed by atoms with Gasteiger partial charge in [0.1, 0.15) is 11.5 Å². The number of H-pyrrole nitrogens is 1. The summed E-state index contributed by atoms with van der Waals surface area (Å²) in [5.41, 5.74) is 1.76. The number of ether oxygens (including phenoxy) is 2. The van der Waals surface area contributed by atoms with Crippen LogP contribution < -0.4 is 9.47 Å². The van der Waals surface area contributed by atoms with Crippen LogP contribution in [0.3, 0.4) is 0 Å². The Morgan fingerprint density at radius 2 is 1.89 bits per heavy atom. The lowest BCUT2D eigenvalue weighted by Gasteiger charge is -2.13. The molecule has 2 aromatic rings. The minimum absolute atomic E-state index is 0.510. The lowest BCUT2D eigenvalue weighted by molar-refractivity contribution is 0.393. The summed E-state index contributed by atoms with van der Waals surface area (Å²) in [4.78, 5) is 2.98. The molecule has 0 saturated heterocycles. The van der Waals surface area contributed by atoms with Crippen LogP contribution in [0.25, 0.3) is 5.69 Å². The maximum atomic E-state index is 6.14. The van der Waals surface area contributed by atoms with Crippen LogP contribution in [0.2, 0.25) is 5.02 Å². The number of nitrogens with zero attached hydrogens (tertiary/aromatic N) is 1. The van der Waals surface area contributed by atoms with Gasteiger partial charge in [-0.05, 0) is 25.2 Å². The minimum Gasteiger partial charge on any atom is -0.495 e. The number of nitrogens with one attached hydrogen (secondary N) is 1. The predicted octanol–water partition coefficient (Wildman–Crippen LogP) is 3.51. The average molecular weight is 285 g/mol. The molecule has 0 radical (unpaired) electrons. The summed E-state index contributed by atoms with van der Waals surface area (Å²) in [6.07, 6.45) is 1.83. The normalized spacial score (nSPS) is 10.4. The summed E-state index contributed by atoms with van der Waals surface area (Å²) in [6.45, 7) is 1.95. The Bertz CT molecular complexity index is 633. The van der Waals surface area contributed by atoms with Crippen LogP contribution in [-0.2, 0) is 0 Å². The molecule has 2 rings (SSSR count). The highest BCUT2D eigenvalue weighted by atomic mass is 35.5. The van der Waals surface area contributed by atoms with Crippen molar-refractivity contribution >= 4 is 23.8 Å². The first-order valence-corrected chi connectivity index (χ1v) is 6.06. The van der Waals surface area contributed by atoms with Gasteiger partial charge in [0.25, 0.3) is 0 Å². The third-order valence-electron chi connectivity index (χ3n) is 2.65. The van der Waals surface area contributed by atoms with E-state index in [-0.39, 0.29) is 0 Å². The number of aromatic amines is 1. The van der Waals surface area contributed by atoms with Crippen molar-refractivity contribution in [2.75, 3.05) is 14.2 Å². The lowest BCUT2D eigenvalue weighted by Crippen LogP contribution is -2.01. The number of aromatic nitrogens is 2. The Morgan fingerprint density at radius 1 is 1.22 bits per heavy atom. The number of halogens is 1. The SMILES string of the molecule is COc1cc(OC)c(-n2c(C)c[nH]c2=S)cc1Cl. The van der Waals surface area contributed by atoms with Crippen LogP contribution in [0.1, 0.15) is 5.69 Å². The maximum absolute atomic E-state index is 6.14. The molecule has 0 aliphatic heterocycles. The second-order valence-electron chi connectivity index (χ2n) is 3.73. The molecule has 96 valence electrons. The minimum atomic E-state index is 0.510. The molecule has 1 N–H and O–H groups in total. The van der Waals surface area contributed by atoms with E-state index >= 15 is 0 Å². The molecule has 0 saturated carbocycles. The van der Waals surface area contributed by atoms with Gasteiger partial charge in [-0.15, -0.1) is 0 Å². The molecule has 0 fully saturated rings. The topological polar surface area (TPSA) is 39.2 Å². The van der Waals surface area contributed by atoms with Crippen molar-refractivity contribution < 1.29 is 9.47 Å². The first-order valence-electron chi connectivity index (χ1n) is 5.27. The fraction of sp³-hybridized carbons (Fsp3) is 0.250. The van der Waals surface area contributed by atoms with Gasteiger partial charge in [0.05, 0.1) is 24.9 Å². The van der Waals surface area contributed by atoms with Crippen molar-refractivity contribution in [1.82, 2.24) is 9.55 Å². The van der Waals surface area contributed by atoms with E-state index in [1.165, 1.54) is 0 Å². The fourth-order valence-corrected chi connectivity index (χ4v) is 2.31. The Labute approximate surface area is 115 Å². The van der Waals surface area contributed by atoms with E-state index in [0.29, 0.717) is 21.3 Å². The third kappa shape index (κ3) is 2.11. The summed E-state index contributed by atoms with van der Waals surface area (Å²) in [5.74, 6) is 1.21. The molecule has 0 bridgehead atoms. The van der Waals surface area contributed by atoms with Gasteiger partial charge >= 0.3 is 0 Å². The summed E-state index contributed by atoms with van der Waals surface area (Å²) in [5, 5.41) is 0.510. The number of rotatable bonds is 3. The molecule has 0 spiro atoms. The highest BCUT2D eigenvalue weighted by Gasteiger charge is 2.13. The second kappa shape index (κ2) is 5.04.